The zero-order valence-electron chi connectivity index (χ0n) is 10.0. The highest BCUT2D eigenvalue weighted by Crippen LogP contribution is 2.30. The van der Waals surface area contributed by atoms with Gasteiger partial charge in [-0.05, 0) is 40.5 Å². The molecule has 1 rings (SSSR count). The van der Waals surface area contributed by atoms with Crippen LogP contribution in [0.2, 0.25) is 0 Å². The lowest BCUT2D eigenvalue weighted by Crippen LogP contribution is -2.64. The van der Waals surface area contributed by atoms with Crippen molar-refractivity contribution >= 4 is 6.03 Å². The molecule has 0 aliphatic carbocycles. The van der Waals surface area contributed by atoms with E-state index in [2.05, 4.69) is 33.0 Å². The van der Waals surface area contributed by atoms with Gasteiger partial charge in [0.2, 0.25) is 0 Å². The van der Waals surface area contributed by atoms with E-state index in [1.54, 1.807) is 0 Å². The number of carbonyl (C=O) groups is 1. The molecule has 0 aromatic carbocycles. The van der Waals surface area contributed by atoms with E-state index in [-0.39, 0.29) is 17.1 Å². The van der Waals surface area contributed by atoms with Crippen LogP contribution in [0.15, 0.2) is 0 Å². The van der Waals surface area contributed by atoms with Crippen LogP contribution in [0.4, 0.5) is 4.79 Å². The third-order valence-corrected chi connectivity index (χ3v) is 2.82. The summed E-state index contributed by atoms with van der Waals surface area (Å²) in [6, 6.07) is -0.553. The van der Waals surface area contributed by atoms with Crippen LogP contribution in [0.5, 0.6) is 0 Å². The topological polar surface area (TPSA) is 84.4 Å². The van der Waals surface area contributed by atoms with Gasteiger partial charge in [0.1, 0.15) is 0 Å². The normalized spacial score (nSPS) is 24.9. The third kappa shape index (κ3) is 3.07. The fraction of sp³-hybridized carbons (Fsp3) is 0.900. The minimum atomic E-state index is -0.562. The molecule has 1 aliphatic rings. The molecule has 0 saturated carbocycles. The molecule has 0 bridgehead atoms. The third-order valence-electron chi connectivity index (χ3n) is 2.82. The maximum atomic E-state index is 11.0. The average Bonchev–Trinajstić information content (AvgIpc) is 1.96. The van der Waals surface area contributed by atoms with Gasteiger partial charge in [0.15, 0.2) is 0 Å². The van der Waals surface area contributed by atoms with Crippen molar-refractivity contribution in [1.29, 1.82) is 0 Å². The summed E-state index contributed by atoms with van der Waals surface area (Å²) in [5.74, 6) is 5.66. The molecule has 5 N–H and O–H groups in total. The van der Waals surface area contributed by atoms with E-state index in [4.69, 9.17) is 11.6 Å². The van der Waals surface area contributed by atoms with Crippen molar-refractivity contribution in [2.24, 2.45) is 11.6 Å². The lowest BCUT2D eigenvalue weighted by atomic mass is 9.79. The minimum Gasteiger partial charge on any atom is -0.350 e. The summed E-state index contributed by atoms with van der Waals surface area (Å²) in [5.41, 5.74) is 5.13. The first-order valence-electron chi connectivity index (χ1n) is 5.26. The second-order valence-electron chi connectivity index (χ2n) is 5.70. The molecule has 0 aromatic rings. The van der Waals surface area contributed by atoms with Crippen LogP contribution in [0.25, 0.3) is 0 Å². The second-order valence-corrected chi connectivity index (χ2v) is 5.70. The van der Waals surface area contributed by atoms with Crippen molar-refractivity contribution in [1.82, 2.24) is 10.3 Å². The van der Waals surface area contributed by atoms with E-state index in [1.165, 1.54) is 0 Å². The summed E-state index contributed by atoms with van der Waals surface area (Å²) in [7, 11) is 0. The van der Waals surface area contributed by atoms with Gasteiger partial charge in [0.05, 0.1) is 6.04 Å². The summed E-state index contributed by atoms with van der Waals surface area (Å²) >= 11 is 0. The summed E-state index contributed by atoms with van der Waals surface area (Å²) < 4.78 is 0. The van der Waals surface area contributed by atoms with Crippen LogP contribution in [0.3, 0.4) is 0 Å². The summed E-state index contributed by atoms with van der Waals surface area (Å²) in [6.45, 7) is 8.43. The lowest BCUT2D eigenvalue weighted by molar-refractivity contribution is 0.0857. The van der Waals surface area contributed by atoms with Crippen molar-refractivity contribution < 1.29 is 4.79 Å². The Kier molecular flexibility index (Phi) is 2.98. The van der Waals surface area contributed by atoms with E-state index in [0.717, 1.165) is 17.9 Å². The van der Waals surface area contributed by atoms with Crippen molar-refractivity contribution in [2.45, 2.75) is 57.7 Å². The highest BCUT2D eigenvalue weighted by Gasteiger charge is 2.40. The maximum absolute atomic E-state index is 11.0. The van der Waals surface area contributed by atoms with Gasteiger partial charge in [-0.25, -0.2) is 10.6 Å². The van der Waals surface area contributed by atoms with E-state index in [9.17, 15) is 4.79 Å². The molecule has 88 valence electrons. The van der Waals surface area contributed by atoms with Gasteiger partial charge < -0.3 is 11.1 Å². The smallest absolute Gasteiger partial charge is 0.329 e. The summed E-state index contributed by atoms with van der Waals surface area (Å²) in [4.78, 5) is 11.0. The Labute approximate surface area is 91.1 Å². The Bertz CT molecular complexity index is 246. The standard InChI is InChI=1S/C10H22N4O/c1-9(2)5-7(14(12)8(11)15)6-10(3,4)13-9/h7,13H,5-6,12H2,1-4H3,(H2,11,15). The first kappa shape index (κ1) is 12.3. The van der Waals surface area contributed by atoms with Gasteiger partial charge in [-0.15, -0.1) is 0 Å². The van der Waals surface area contributed by atoms with Crippen LogP contribution in [-0.4, -0.2) is 28.2 Å². The number of hydrogen-bond donors (Lipinski definition) is 3. The predicted molar refractivity (Wildman–Crippen MR) is 59.9 cm³/mol. The van der Waals surface area contributed by atoms with E-state index in [0.29, 0.717) is 0 Å². The van der Waals surface area contributed by atoms with Gasteiger partial charge in [0.25, 0.3) is 0 Å². The lowest BCUT2D eigenvalue weighted by Gasteiger charge is -2.48. The summed E-state index contributed by atoms with van der Waals surface area (Å²) in [5, 5.41) is 4.68. The second kappa shape index (κ2) is 3.64. The molecule has 15 heavy (non-hydrogen) atoms. The molecule has 0 aromatic heterocycles. The van der Waals surface area contributed by atoms with Gasteiger partial charge in [0, 0.05) is 11.1 Å². The Morgan fingerprint density at radius 3 is 2.00 bits per heavy atom. The Morgan fingerprint density at radius 2 is 1.67 bits per heavy atom. The fourth-order valence-electron chi connectivity index (χ4n) is 2.65. The number of nitrogens with zero attached hydrogens (tertiary/aromatic N) is 1. The first-order chi connectivity index (χ1) is 6.63. The largest absolute Gasteiger partial charge is 0.350 e. The van der Waals surface area contributed by atoms with Gasteiger partial charge in [-0.3, -0.25) is 5.01 Å². The Morgan fingerprint density at radius 1 is 1.27 bits per heavy atom. The van der Waals surface area contributed by atoms with Crippen LogP contribution in [0.1, 0.15) is 40.5 Å². The molecule has 1 heterocycles. The van der Waals surface area contributed by atoms with Crippen LogP contribution < -0.4 is 16.9 Å². The molecule has 5 heteroatoms. The maximum Gasteiger partial charge on any atom is 0.329 e. The van der Waals surface area contributed by atoms with Gasteiger partial charge in [-0.1, -0.05) is 0 Å². The zero-order chi connectivity index (χ0) is 11.9. The number of urea groups is 1. The number of primary amides is 1. The highest BCUT2D eigenvalue weighted by atomic mass is 16.2. The quantitative estimate of drug-likeness (QED) is 0.338. The molecule has 1 saturated heterocycles. The molecule has 1 fully saturated rings. The average molecular weight is 214 g/mol. The molecular weight excluding hydrogens is 192 g/mol. The number of piperidine rings is 1. The molecule has 1 aliphatic heterocycles. The van der Waals surface area contributed by atoms with Crippen LogP contribution >= 0.6 is 0 Å². The monoisotopic (exact) mass is 214 g/mol. The number of hydrazine groups is 1. The molecule has 0 atom stereocenters. The minimum absolute atomic E-state index is 0.00810. The molecule has 0 spiro atoms. The highest BCUT2D eigenvalue weighted by molar-refractivity contribution is 5.71. The SMILES string of the molecule is CC1(C)CC(N(N)C(N)=O)CC(C)(C)N1. The number of nitrogens with two attached hydrogens (primary N) is 2. The molecule has 0 radical (unpaired) electrons. The number of carbonyl (C=O) groups excluding carboxylic acids is 1. The van der Waals surface area contributed by atoms with Crippen molar-refractivity contribution in [3.05, 3.63) is 0 Å². The predicted octanol–water partition coefficient (Wildman–Crippen LogP) is 0.550. The molecular formula is C10H22N4O. The Hall–Kier alpha value is -0.810. The molecule has 0 unspecified atom stereocenters. The van der Waals surface area contributed by atoms with Crippen molar-refractivity contribution in [3.8, 4) is 0 Å². The van der Waals surface area contributed by atoms with Crippen LogP contribution in [0, 0.1) is 0 Å². The van der Waals surface area contributed by atoms with Crippen LogP contribution in [-0.2, 0) is 0 Å². The molecule has 5 nitrogen and oxygen atoms in total. The molecule has 2 amide bonds. The van der Waals surface area contributed by atoms with E-state index >= 15 is 0 Å². The Balaban J connectivity index is 2.79. The van der Waals surface area contributed by atoms with Gasteiger partial charge >= 0.3 is 6.03 Å². The first-order valence-corrected chi connectivity index (χ1v) is 5.26. The fourth-order valence-corrected chi connectivity index (χ4v) is 2.65. The van der Waals surface area contributed by atoms with Crippen molar-refractivity contribution in [2.75, 3.05) is 0 Å². The van der Waals surface area contributed by atoms with Crippen molar-refractivity contribution in [3.63, 3.8) is 0 Å². The number of amides is 2. The van der Waals surface area contributed by atoms with E-state index in [1.807, 2.05) is 0 Å². The zero-order valence-corrected chi connectivity index (χ0v) is 10.0. The number of nitrogens with one attached hydrogen (secondary N) is 1. The number of hydrogen-bond acceptors (Lipinski definition) is 3. The number of rotatable bonds is 1. The summed E-state index contributed by atoms with van der Waals surface area (Å²) in [6.07, 6.45) is 1.63. The van der Waals surface area contributed by atoms with Gasteiger partial charge in [-0.2, -0.15) is 0 Å². The van der Waals surface area contributed by atoms with E-state index < -0.39 is 6.03 Å².